The highest BCUT2D eigenvalue weighted by molar-refractivity contribution is 7.95. The van der Waals surface area contributed by atoms with Crippen molar-refractivity contribution in [1.82, 2.24) is 0 Å². The predicted molar refractivity (Wildman–Crippen MR) is 92.0 cm³/mol. The Hall–Kier alpha value is -2.53. The number of hydrogen-bond acceptors (Lipinski definition) is 3. The van der Waals surface area contributed by atoms with E-state index in [0.717, 1.165) is 11.1 Å². The molecule has 0 unspecified atom stereocenters. The summed E-state index contributed by atoms with van der Waals surface area (Å²) in [5, 5.41) is 2.58. The summed E-state index contributed by atoms with van der Waals surface area (Å²) in [5.41, 5.74) is 1.28. The number of hydrogen-bond donors (Lipinski definition) is 0. The van der Waals surface area contributed by atoms with Crippen LogP contribution in [0.3, 0.4) is 0 Å². The molecule has 0 aliphatic rings. The Morgan fingerprint density at radius 1 is 0.864 bits per heavy atom. The number of nitrogens with zero attached hydrogens (tertiary/aromatic N) is 2. The van der Waals surface area contributed by atoms with Crippen molar-refractivity contribution in [1.29, 1.82) is 0 Å². The van der Waals surface area contributed by atoms with Gasteiger partial charge in [-0.3, -0.25) is 5.01 Å². The SMILES string of the molecule is C=CCN(c1ccccc1)N(c1ccccc1)S(=O)(=O)C=C. The molecule has 5 heteroatoms. The maximum absolute atomic E-state index is 12.5. The molecule has 0 saturated heterocycles. The first kappa shape index (κ1) is 15.9. The van der Waals surface area contributed by atoms with Gasteiger partial charge in [-0.2, -0.15) is 12.8 Å². The van der Waals surface area contributed by atoms with Crippen molar-refractivity contribution in [3.05, 3.63) is 85.3 Å². The van der Waals surface area contributed by atoms with E-state index in [1.165, 1.54) is 4.41 Å². The van der Waals surface area contributed by atoms with Gasteiger partial charge >= 0.3 is 0 Å². The van der Waals surface area contributed by atoms with Gasteiger partial charge in [-0.1, -0.05) is 49.1 Å². The van der Waals surface area contributed by atoms with Crippen LogP contribution >= 0.6 is 0 Å². The Balaban J connectivity index is 2.60. The van der Waals surface area contributed by atoms with Crippen LogP contribution in [0, 0.1) is 0 Å². The maximum atomic E-state index is 12.5. The summed E-state index contributed by atoms with van der Waals surface area (Å²) in [6.45, 7) is 7.49. The first-order valence-corrected chi connectivity index (χ1v) is 8.26. The number of rotatable bonds is 7. The van der Waals surface area contributed by atoms with Crippen LogP contribution in [-0.4, -0.2) is 15.0 Å². The van der Waals surface area contributed by atoms with Gasteiger partial charge in [-0.25, -0.2) is 0 Å². The highest BCUT2D eigenvalue weighted by Gasteiger charge is 2.26. The molecule has 114 valence electrons. The van der Waals surface area contributed by atoms with Crippen molar-refractivity contribution in [2.75, 3.05) is 16.0 Å². The third-order valence-corrected chi connectivity index (χ3v) is 4.32. The minimum atomic E-state index is -3.71. The fourth-order valence-corrected chi connectivity index (χ4v) is 3.05. The molecule has 0 heterocycles. The molecule has 0 atom stereocenters. The first-order chi connectivity index (χ1) is 10.6. The van der Waals surface area contributed by atoms with E-state index in [2.05, 4.69) is 13.2 Å². The molecule has 0 aromatic heterocycles. The minimum absolute atomic E-state index is 0.339. The van der Waals surface area contributed by atoms with Crippen molar-refractivity contribution in [2.24, 2.45) is 0 Å². The molecule has 2 rings (SSSR count). The Kier molecular flexibility index (Phi) is 5.01. The molecule has 2 aromatic carbocycles. The number of benzene rings is 2. The molecular formula is C17H18N2O2S. The molecule has 4 nitrogen and oxygen atoms in total. The molecule has 0 amide bonds. The van der Waals surface area contributed by atoms with Crippen LogP contribution in [0.25, 0.3) is 0 Å². The molecule has 0 N–H and O–H groups in total. The molecule has 0 aliphatic heterocycles. The molecule has 0 radical (unpaired) electrons. The Labute approximate surface area is 131 Å². The lowest BCUT2D eigenvalue weighted by Crippen LogP contribution is -2.46. The molecule has 2 aromatic rings. The second-order valence-corrected chi connectivity index (χ2v) is 6.21. The highest BCUT2D eigenvalue weighted by atomic mass is 32.2. The van der Waals surface area contributed by atoms with E-state index in [1.807, 2.05) is 36.4 Å². The number of anilines is 2. The second kappa shape index (κ2) is 6.95. The summed E-state index contributed by atoms with van der Waals surface area (Å²) < 4.78 is 26.3. The van der Waals surface area contributed by atoms with Crippen LogP contribution in [0.1, 0.15) is 0 Å². The fourth-order valence-electron chi connectivity index (χ4n) is 2.06. The summed E-state index contributed by atoms with van der Waals surface area (Å²) in [6.07, 6.45) is 1.65. The van der Waals surface area contributed by atoms with Crippen molar-refractivity contribution in [2.45, 2.75) is 0 Å². The lowest BCUT2D eigenvalue weighted by Gasteiger charge is -2.35. The fraction of sp³-hybridized carbons (Fsp3) is 0.0588. The first-order valence-electron chi connectivity index (χ1n) is 6.76. The molecule has 0 bridgehead atoms. The van der Waals surface area contributed by atoms with Gasteiger partial charge in [0, 0.05) is 5.41 Å². The van der Waals surface area contributed by atoms with E-state index < -0.39 is 10.0 Å². The van der Waals surface area contributed by atoms with Crippen molar-refractivity contribution in [3.63, 3.8) is 0 Å². The van der Waals surface area contributed by atoms with Crippen LogP contribution in [0.4, 0.5) is 11.4 Å². The standard InChI is InChI=1S/C17H18N2O2S/c1-3-15-18(16-11-7-5-8-12-16)19(22(20,21)4-2)17-13-9-6-10-14-17/h3-14H,1-2,15H2. The van der Waals surface area contributed by atoms with E-state index >= 15 is 0 Å². The van der Waals surface area contributed by atoms with Crippen molar-refractivity contribution in [3.8, 4) is 0 Å². The molecule has 0 aliphatic carbocycles. The molecule has 22 heavy (non-hydrogen) atoms. The van der Waals surface area contributed by atoms with Gasteiger partial charge in [0.2, 0.25) is 0 Å². The van der Waals surface area contributed by atoms with E-state index in [0.29, 0.717) is 12.2 Å². The second-order valence-electron chi connectivity index (χ2n) is 4.50. The zero-order valence-corrected chi connectivity index (χ0v) is 13.0. The lowest BCUT2D eigenvalue weighted by atomic mass is 10.3. The molecule has 0 saturated carbocycles. The largest absolute Gasteiger partial charge is 0.274 e. The van der Waals surface area contributed by atoms with Crippen LogP contribution in [0.15, 0.2) is 85.3 Å². The molecule has 0 spiro atoms. The van der Waals surface area contributed by atoms with Gasteiger partial charge < -0.3 is 0 Å². The Morgan fingerprint density at radius 2 is 1.36 bits per heavy atom. The van der Waals surface area contributed by atoms with E-state index in [-0.39, 0.29) is 0 Å². The zero-order valence-electron chi connectivity index (χ0n) is 12.2. The number of hydrazine groups is 1. The van der Waals surface area contributed by atoms with Crippen LogP contribution in [0.2, 0.25) is 0 Å². The lowest BCUT2D eigenvalue weighted by molar-refractivity contribution is 0.597. The van der Waals surface area contributed by atoms with E-state index in [1.54, 1.807) is 35.4 Å². The summed E-state index contributed by atoms with van der Waals surface area (Å²) in [5.74, 6) is 0. The smallest absolute Gasteiger partial charge is 0.267 e. The van der Waals surface area contributed by atoms with Gasteiger partial charge in [0.25, 0.3) is 10.0 Å². The minimum Gasteiger partial charge on any atom is -0.267 e. The summed E-state index contributed by atoms with van der Waals surface area (Å²) in [7, 11) is -3.71. The van der Waals surface area contributed by atoms with Gasteiger partial charge in [0.1, 0.15) is 0 Å². The molecule has 0 fully saturated rings. The quantitative estimate of drug-likeness (QED) is 0.579. The van der Waals surface area contributed by atoms with Crippen LogP contribution in [0.5, 0.6) is 0 Å². The van der Waals surface area contributed by atoms with Crippen molar-refractivity contribution < 1.29 is 8.42 Å². The van der Waals surface area contributed by atoms with Crippen LogP contribution < -0.4 is 9.42 Å². The topological polar surface area (TPSA) is 40.6 Å². The maximum Gasteiger partial charge on any atom is 0.274 e. The zero-order chi connectivity index (χ0) is 16.0. The summed E-state index contributed by atoms with van der Waals surface area (Å²) in [6, 6.07) is 18.2. The average molecular weight is 314 g/mol. The third kappa shape index (κ3) is 3.38. The normalized spacial score (nSPS) is 10.7. The summed E-state index contributed by atoms with van der Waals surface area (Å²) >= 11 is 0. The monoisotopic (exact) mass is 314 g/mol. The predicted octanol–water partition coefficient (Wildman–Crippen LogP) is 3.57. The van der Waals surface area contributed by atoms with Gasteiger partial charge in [0.15, 0.2) is 0 Å². The number of para-hydroxylation sites is 2. The Bertz CT molecular complexity index is 728. The summed E-state index contributed by atoms with van der Waals surface area (Å²) in [4.78, 5) is 0. The van der Waals surface area contributed by atoms with Gasteiger partial charge in [-0.15, -0.1) is 6.58 Å². The average Bonchev–Trinajstić information content (AvgIpc) is 2.56. The third-order valence-electron chi connectivity index (χ3n) is 3.00. The Morgan fingerprint density at radius 3 is 1.82 bits per heavy atom. The van der Waals surface area contributed by atoms with E-state index in [9.17, 15) is 8.42 Å². The molecular weight excluding hydrogens is 296 g/mol. The number of sulfonamides is 1. The van der Waals surface area contributed by atoms with Crippen molar-refractivity contribution >= 4 is 21.4 Å². The van der Waals surface area contributed by atoms with Gasteiger partial charge in [-0.05, 0) is 24.3 Å². The van der Waals surface area contributed by atoms with Gasteiger partial charge in [0.05, 0.1) is 17.9 Å². The van der Waals surface area contributed by atoms with Crippen LogP contribution in [-0.2, 0) is 10.0 Å². The van der Waals surface area contributed by atoms with E-state index in [4.69, 9.17) is 0 Å². The highest BCUT2D eigenvalue weighted by Crippen LogP contribution is 2.26.